The Labute approximate surface area is 113 Å². The molecule has 0 bridgehead atoms. The van der Waals surface area contributed by atoms with Gasteiger partial charge < -0.3 is 20.5 Å². The fraction of sp³-hybridized carbons (Fsp3) is 0.357. The molecule has 0 aliphatic carbocycles. The number of rotatable bonds is 5. The number of likely N-dealkylation sites (N-methyl/N-ethyl adjacent to an activating group) is 1. The molecule has 0 saturated carbocycles. The summed E-state index contributed by atoms with van der Waals surface area (Å²) in [7, 11) is 3.12. The second kappa shape index (κ2) is 6.66. The maximum Gasteiger partial charge on any atom is 0.240 e. The third-order valence-corrected chi connectivity index (χ3v) is 2.70. The summed E-state index contributed by atoms with van der Waals surface area (Å²) in [5, 5.41) is 9.49. The van der Waals surface area contributed by atoms with Crippen molar-refractivity contribution in [3.05, 3.63) is 23.8 Å². The lowest BCUT2D eigenvalue weighted by Crippen LogP contribution is -2.41. The van der Waals surface area contributed by atoms with Gasteiger partial charge in [-0.3, -0.25) is 4.79 Å². The zero-order chi connectivity index (χ0) is 14.4. The van der Waals surface area contributed by atoms with Gasteiger partial charge in [0.1, 0.15) is 0 Å². The minimum absolute atomic E-state index is 0.0595. The molecular weight excluding hydrogens is 244 g/mol. The molecule has 0 radical (unpaired) electrons. The highest BCUT2D eigenvalue weighted by molar-refractivity contribution is 5.81. The Balaban J connectivity index is 2.74. The molecule has 0 aliphatic rings. The summed E-state index contributed by atoms with van der Waals surface area (Å²) in [4.78, 5) is 13.4. The van der Waals surface area contributed by atoms with Crippen LogP contribution in [-0.4, -0.2) is 36.1 Å². The van der Waals surface area contributed by atoms with E-state index in [1.807, 2.05) is 0 Å². The monoisotopic (exact) mass is 262 g/mol. The average molecular weight is 262 g/mol. The van der Waals surface area contributed by atoms with Crippen molar-refractivity contribution < 1.29 is 14.6 Å². The summed E-state index contributed by atoms with van der Waals surface area (Å²) in [5.41, 5.74) is 6.50. The lowest BCUT2D eigenvalue weighted by molar-refractivity contribution is -0.131. The summed E-state index contributed by atoms with van der Waals surface area (Å²) in [5.74, 6) is 2.58. The Morgan fingerprint density at radius 2 is 2.32 bits per heavy atom. The van der Waals surface area contributed by atoms with Crippen LogP contribution in [0.5, 0.6) is 11.5 Å². The van der Waals surface area contributed by atoms with E-state index in [0.29, 0.717) is 12.3 Å². The highest BCUT2D eigenvalue weighted by Crippen LogP contribution is 2.26. The lowest BCUT2D eigenvalue weighted by atomic mass is 10.1. The van der Waals surface area contributed by atoms with Gasteiger partial charge in [-0.2, -0.15) is 0 Å². The van der Waals surface area contributed by atoms with Crippen molar-refractivity contribution in [2.24, 2.45) is 5.73 Å². The van der Waals surface area contributed by atoms with Crippen molar-refractivity contribution in [2.75, 3.05) is 14.2 Å². The van der Waals surface area contributed by atoms with Crippen molar-refractivity contribution in [3.8, 4) is 23.8 Å². The number of aromatic hydroxyl groups is 1. The fourth-order valence-electron chi connectivity index (χ4n) is 1.67. The number of nitrogens with zero attached hydrogens (tertiary/aromatic N) is 1. The van der Waals surface area contributed by atoms with E-state index >= 15 is 0 Å². The normalized spacial score (nSPS) is 11.5. The Hall–Kier alpha value is -2.19. The number of phenols is 1. The van der Waals surface area contributed by atoms with Gasteiger partial charge in [0, 0.05) is 20.0 Å². The number of phenolic OH excluding ortho intramolecular Hbond substituents is 1. The molecule has 1 rings (SSSR count). The number of methoxy groups -OCH3 is 1. The number of carbonyl (C=O) groups excluding carboxylic acids is 1. The molecule has 1 aromatic carbocycles. The van der Waals surface area contributed by atoms with Crippen molar-refractivity contribution >= 4 is 5.91 Å². The van der Waals surface area contributed by atoms with Gasteiger partial charge in [0.15, 0.2) is 11.5 Å². The van der Waals surface area contributed by atoms with Crippen LogP contribution in [0, 0.1) is 12.3 Å². The van der Waals surface area contributed by atoms with E-state index in [2.05, 4.69) is 5.92 Å². The van der Waals surface area contributed by atoms with Crippen LogP contribution in [0.4, 0.5) is 0 Å². The van der Waals surface area contributed by atoms with Crippen molar-refractivity contribution in [2.45, 2.75) is 19.0 Å². The van der Waals surface area contributed by atoms with Gasteiger partial charge in [0.2, 0.25) is 5.91 Å². The molecule has 19 heavy (non-hydrogen) atoms. The first-order valence-electron chi connectivity index (χ1n) is 5.79. The molecule has 5 nitrogen and oxygen atoms in total. The first kappa shape index (κ1) is 14.9. The summed E-state index contributed by atoms with van der Waals surface area (Å²) < 4.78 is 5.01. The van der Waals surface area contributed by atoms with Gasteiger partial charge in [-0.05, 0) is 17.7 Å². The van der Waals surface area contributed by atoms with Crippen LogP contribution >= 0.6 is 0 Å². The van der Waals surface area contributed by atoms with E-state index in [9.17, 15) is 9.90 Å². The minimum Gasteiger partial charge on any atom is -0.504 e. The number of carbonyl (C=O) groups is 1. The highest BCUT2D eigenvalue weighted by Gasteiger charge is 2.17. The standard InChI is InChI=1S/C14H18N2O3/c1-4-5-11(15)14(18)16(2)9-10-6-7-12(17)13(8-10)19-3/h1,6-8,11,17H,5,9,15H2,2-3H3. The van der Waals surface area contributed by atoms with E-state index < -0.39 is 6.04 Å². The Bertz CT molecular complexity index is 494. The van der Waals surface area contributed by atoms with Crippen molar-refractivity contribution in [1.29, 1.82) is 0 Å². The van der Waals surface area contributed by atoms with Crippen molar-refractivity contribution in [1.82, 2.24) is 4.90 Å². The van der Waals surface area contributed by atoms with E-state index in [1.54, 1.807) is 19.2 Å². The molecule has 1 amide bonds. The van der Waals surface area contributed by atoms with E-state index in [0.717, 1.165) is 5.56 Å². The maximum atomic E-state index is 11.9. The second-order valence-corrected chi connectivity index (χ2v) is 4.22. The summed E-state index contributed by atoms with van der Waals surface area (Å²) in [6.07, 6.45) is 5.34. The molecule has 102 valence electrons. The Kier molecular flexibility index (Phi) is 5.22. The van der Waals surface area contributed by atoms with Gasteiger partial charge in [-0.15, -0.1) is 12.3 Å². The number of benzene rings is 1. The van der Waals surface area contributed by atoms with E-state index in [1.165, 1.54) is 18.1 Å². The van der Waals surface area contributed by atoms with Crippen LogP contribution in [0.25, 0.3) is 0 Å². The molecule has 1 aromatic rings. The van der Waals surface area contributed by atoms with Crippen LogP contribution in [0.15, 0.2) is 18.2 Å². The number of ether oxygens (including phenoxy) is 1. The van der Waals surface area contributed by atoms with Crippen LogP contribution < -0.4 is 10.5 Å². The fourth-order valence-corrected chi connectivity index (χ4v) is 1.67. The molecule has 0 fully saturated rings. The quantitative estimate of drug-likeness (QED) is 0.766. The minimum atomic E-state index is -0.686. The van der Waals surface area contributed by atoms with Crippen LogP contribution in [0.2, 0.25) is 0 Å². The van der Waals surface area contributed by atoms with Gasteiger partial charge in [0.05, 0.1) is 13.2 Å². The van der Waals surface area contributed by atoms with Gasteiger partial charge >= 0.3 is 0 Å². The average Bonchev–Trinajstić information content (AvgIpc) is 2.40. The molecule has 0 aromatic heterocycles. The zero-order valence-electron chi connectivity index (χ0n) is 11.1. The topological polar surface area (TPSA) is 75.8 Å². The maximum absolute atomic E-state index is 11.9. The first-order valence-corrected chi connectivity index (χ1v) is 5.79. The van der Waals surface area contributed by atoms with Gasteiger partial charge in [0.25, 0.3) is 0 Å². The number of terminal acetylenes is 1. The third-order valence-electron chi connectivity index (χ3n) is 2.70. The Morgan fingerprint density at radius 1 is 1.63 bits per heavy atom. The molecule has 0 saturated heterocycles. The molecule has 1 unspecified atom stereocenters. The van der Waals surface area contributed by atoms with Crippen LogP contribution in [-0.2, 0) is 11.3 Å². The van der Waals surface area contributed by atoms with E-state index in [4.69, 9.17) is 16.9 Å². The molecular formula is C14H18N2O3. The highest BCUT2D eigenvalue weighted by atomic mass is 16.5. The molecule has 1 atom stereocenters. The summed E-state index contributed by atoms with van der Waals surface area (Å²) in [6, 6.07) is 4.22. The molecule has 0 spiro atoms. The number of nitrogens with two attached hydrogens (primary N) is 1. The van der Waals surface area contributed by atoms with Crippen LogP contribution in [0.3, 0.4) is 0 Å². The largest absolute Gasteiger partial charge is 0.504 e. The van der Waals surface area contributed by atoms with Gasteiger partial charge in [-0.1, -0.05) is 6.07 Å². The SMILES string of the molecule is C#CCC(N)C(=O)N(C)Cc1ccc(O)c(OC)c1. The van der Waals surface area contributed by atoms with Crippen molar-refractivity contribution in [3.63, 3.8) is 0 Å². The summed E-state index contributed by atoms with van der Waals surface area (Å²) in [6.45, 7) is 0.369. The van der Waals surface area contributed by atoms with E-state index in [-0.39, 0.29) is 18.1 Å². The Morgan fingerprint density at radius 3 is 2.89 bits per heavy atom. The third kappa shape index (κ3) is 3.90. The predicted octanol–water partition coefficient (Wildman–Crippen LogP) is 0.710. The molecule has 0 aliphatic heterocycles. The number of hydrogen-bond acceptors (Lipinski definition) is 4. The zero-order valence-corrected chi connectivity index (χ0v) is 11.1. The van der Waals surface area contributed by atoms with Gasteiger partial charge in [-0.25, -0.2) is 0 Å². The first-order chi connectivity index (χ1) is 8.99. The summed E-state index contributed by atoms with van der Waals surface area (Å²) >= 11 is 0. The molecule has 3 N–H and O–H groups in total. The number of amides is 1. The van der Waals surface area contributed by atoms with Crippen LogP contribution in [0.1, 0.15) is 12.0 Å². The second-order valence-electron chi connectivity index (χ2n) is 4.22. The predicted molar refractivity (Wildman–Crippen MR) is 72.6 cm³/mol. The number of hydrogen-bond donors (Lipinski definition) is 2. The smallest absolute Gasteiger partial charge is 0.240 e. The molecule has 0 heterocycles. The lowest BCUT2D eigenvalue weighted by Gasteiger charge is -2.20. The molecule has 5 heteroatoms.